The molecule has 0 radical (unpaired) electrons. The maximum atomic E-state index is 12.9. The van der Waals surface area contributed by atoms with Gasteiger partial charge in [0.25, 0.3) is 5.91 Å². The third kappa shape index (κ3) is 4.95. The molecule has 1 aromatic carbocycles. The molecule has 146 valence electrons. The van der Waals surface area contributed by atoms with Crippen LogP contribution in [0.25, 0.3) is 0 Å². The molecule has 3 rings (SSSR count). The molecular weight excluding hydrogens is 403 g/mol. The lowest BCUT2D eigenvalue weighted by atomic mass is 10.1. The van der Waals surface area contributed by atoms with Gasteiger partial charge in [0, 0.05) is 25.2 Å². The first kappa shape index (κ1) is 20.0. The van der Waals surface area contributed by atoms with E-state index in [1.807, 2.05) is 4.90 Å². The predicted molar refractivity (Wildman–Crippen MR) is 98.9 cm³/mol. The Morgan fingerprint density at radius 3 is 2.67 bits per heavy atom. The molecule has 1 aromatic rings. The Hall–Kier alpha value is -1.74. The van der Waals surface area contributed by atoms with Crippen molar-refractivity contribution in [3.8, 4) is 0 Å². The van der Waals surface area contributed by atoms with Crippen LogP contribution in [0.5, 0.6) is 0 Å². The Bertz CT molecular complexity index is 779. The molecule has 0 aromatic heterocycles. The molecule has 0 aliphatic carbocycles. The molecule has 0 saturated carbocycles. The van der Waals surface area contributed by atoms with Gasteiger partial charge in [-0.25, -0.2) is 0 Å². The van der Waals surface area contributed by atoms with Crippen LogP contribution in [0.2, 0.25) is 5.02 Å². The van der Waals surface area contributed by atoms with E-state index in [0.29, 0.717) is 5.17 Å². The predicted octanol–water partition coefficient (Wildman–Crippen LogP) is 4.17. The van der Waals surface area contributed by atoms with Gasteiger partial charge in [-0.2, -0.15) is 18.2 Å². The number of nitrogens with one attached hydrogen (secondary N) is 1. The van der Waals surface area contributed by atoms with Gasteiger partial charge >= 0.3 is 6.18 Å². The Kier molecular flexibility index (Phi) is 6.00. The molecule has 1 fully saturated rings. The zero-order chi connectivity index (χ0) is 19.6. The van der Waals surface area contributed by atoms with E-state index in [0.717, 1.165) is 44.5 Å². The molecule has 10 heteroatoms. The molecule has 2 heterocycles. The number of benzene rings is 1. The van der Waals surface area contributed by atoms with Crippen molar-refractivity contribution < 1.29 is 22.8 Å². The number of anilines is 1. The lowest BCUT2D eigenvalue weighted by molar-refractivity contribution is -0.137. The standard InChI is InChI=1S/C17H17ClF3N3O2S/c18-12-5-4-10(8-11(12)17(19,20)21)22-14(25)9-13-15(26)23-16(27-13)24-6-2-1-3-7-24/h4-5,8,13H,1-3,6-7,9H2,(H,22,25). The molecule has 0 spiro atoms. The van der Waals surface area contributed by atoms with Crippen LogP contribution < -0.4 is 5.32 Å². The lowest BCUT2D eigenvalue weighted by Gasteiger charge is -2.27. The van der Waals surface area contributed by atoms with Crippen LogP contribution in [0.1, 0.15) is 31.2 Å². The highest BCUT2D eigenvalue weighted by Crippen LogP contribution is 2.36. The second kappa shape index (κ2) is 8.10. The summed E-state index contributed by atoms with van der Waals surface area (Å²) in [5.74, 6) is -0.936. The average Bonchev–Trinajstić information content (AvgIpc) is 2.97. The first-order valence-corrected chi connectivity index (χ1v) is 9.70. The van der Waals surface area contributed by atoms with Crippen LogP contribution in [0, 0.1) is 0 Å². The van der Waals surface area contributed by atoms with E-state index in [2.05, 4.69) is 10.3 Å². The van der Waals surface area contributed by atoms with Gasteiger partial charge in [-0.05, 0) is 37.5 Å². The zero-order valence-corrected chi connectivity index (χ0v) is 15.8. The number of carbonyl (C=O) groups excluding carboxylic acids is 2. The molecule has 2 amide bonds. The highest BCUT2D eigenvalue weighted by Gasteiger charge is 2.35. The molecule has 1 saturated heterocycles. The fourth-order valence-electron chi connectivity index (χ4n) is 2.93. The number of hydrogen-bond acceptors (Lipinski definition) is 4. The second-order valence-electron chi connectivity index (χ2n) is 6.33. The number of likely N-dealkylation sites (tertiary alicyclic amines) is 1. The molecule has 1 atom stereocenters. The van der Waals surface area contributed by atoms with Gasteiger partial charge < -0.3 is 10.2 Å². The molecule has 1 N–H and O–H groups in total. The average molecular weight is 420 g/mol. The summed E-state index contributed by atoms with van der Waals surface area (Å²) in [6, 6.07) is 3.14. The Morgan fingerprint density at radius 2 is 2.00 bits per heavy atom. The first-order valence-electron chi connectivity index (χ1n) is 8.45. The van der Waals surface area contributed by atoms with Crippen molar-refractivity contribution >= 4 is 46.0 Å². The van der Waals surface area contributed by atoms with E-state index < -0.39 is 27.9 Å². The molecule has 5 nitrogen and oxygen atoms in total. The third-order valence-corrected chi connectivity index (χ3v) is 5.82. The van der Waals surface area contributed by atoms with E-state index in [1.165, 1.54) is 17.8 Å². The number of rotatable bonds is 3. The number of carbonyl (C=O) groups is 2. The van der Waals surface area contributed by atoms with Gasteiger partial charge in [0.05, 0.1) is 10.6 Å². The summed E-state index contributed by atoms with van der Waals surface area (Å²) < 4.78 is 38.7. The van der Waals surface area contributed by atoms with E-state index in [9.17, 15) is 22.8 Å². The summed E-state index contributed by atoms with van der Waals surface area (Å²) >= 11 is 6.80. The van der Waals surface area contributed by atoms with Crippen molar-refractivity contribution in [1.29, 1.82) is 0 Å². The van der Waals surface area contributed by atoms with Crippen LogP contribution >= 0.6 is 23.4 Å². The van der Waals surface area contributed by atoms with Crippen molar-refractivity contribution in [3.05, 3.63) is 28.8 Å². The van der Waals surface area contributed by atoms with Crippen molar-refractivity contribution in [2.24, 2.45) is 4.99 Å². The maximum Gasteiger partial charge on any atom is 0.417 e. The molecule has 0 bridgehead atoms. The number of amidine groups is 1. The van der Waals surface area contributed by atoms with E-state index in [4.69, 9.17) is 11.6 Å². The number of thioether (sulfide) groups is 1. The smallest absolute Gasteiger partial charge is 0.351 e. The van der Waals surface area contributed by atoms with Crippen LogP contribution in [0.3, 0.4) is 0 Å². The number of alkyl halides is 3. The minimum Gasteiger partial charge on any atom is -0.351 e. The topological polar surface area (TPSA) is 61.8 Å². The van der Waals surface area contributed by atoms with Gasteiger partial charge in [0.2, 0.25) is 5.91 Å². The normalized spacial score (nSPS) is 20.6. The first-order chi connectivity index (χ1) is 12.7. The van der Waals surface area contributed by atoms with Crippen molar-refractivity contribution in [2.45, 2.75) is 37.1 Å². The minimum absolute atomic E-state index is 0.0238. The summed E-state index contributed by atoms with van der Waals surface area (Å²) in [6.45, 7) is 1.67. The van der Waals surface area contributed by atoms with Crippen LogP contribution in [0.4, 0.5) is 18.9 Å². The fraction of sp³-hybridized carbons (Fsp3) is 0.471. The Balaban J connectivity index is 1.59. The monoisotopic (exact) mass is 419 g/mol. The summed E-state index contributed by atoms with van der Waals surface area (Å²) in [5.41, 5.74) is -1.05. The lowest BCUT2D eigenvalue weighted by Crippen LogP contribution is -2.33. The maximum absolute atomic E-state index is 12.9. The SMILES string of the molecule is O=C(CC1SC(N2CCCCC2)=NC1=O)Nc1ccc(Cl)c(C(F)(F)F)c1. The number of aliphatic imine (C=N–C) groups is 1. The molecule has 1 unspecified atom stereocenters. The largest absolute Gasteiger partial charge is 0.417 e. The van der Waals surface area contributed by atoms with Gasteiger partial charge in [-0.15, -0.1) is 0 Å². The molecule has 27 heavy (non-hydrogen) atoms. The Labute approximate surface area is 163 Å². The number of halogens is 4. The highest BCUT2D eigenvalue weighted by molar-refractivity contribution is 8.15. The molecule has 2 aliphatic heterocycles. The quantitative estimate of drug-likeness (QED) is 0.798. The summed E-state index contributed by atoms with van der Waals surface area (Å²) in [5, 5.41) is 1.92. The van der Waals surface area contributed by atoms with Crippen molar-refractivity contribution in [3.63, 3.8) is 0 Å². The third-order valence-electron chi connectivity index (χ3n) is 4.28. The molecule has 2 aliphatic rings. The second-order valence-corrected chi connectivity index (χ2v) is 7.91. The zero-order valence-electron chi connectivity index (χ0n) is 14.2. The number of hydrogen-bond donors (Lipinski definition) is 1. The Morgan fingerprint density at radius 1 is 1.30 bits per heavy atom. The van der Waals surface area contributed by atoms with E-state index >= 15 is 0 Å². The van der Waals surface area contributed by atoms with E-state index in [1.54, 1.807) is 0 Å². The van der Waals surface area contributed by atoms with Crippen LogP contribution in [-0.2, 0) is 15.8 Å². The summed E-state index contributed by atoms with van der Waals surface area (Å²) in [7, 11) is 0. The van der Waals surface area contributed by atoms with Crippen molar-refractivity contribution in [2.75, 3.05) is 18.4 Å². The fourth-order valence-corrected chi connectivity index (χ4v) is 4.27. The number of amides is 2. The van der Waals surface area contributed by atoms with E-state index in [-0.39, 0.29) is 18.0 Å². The summed E-state index contributed by atoms with van der Waals surface area (Å²) in [6.07, 6.45) is -1.55. The van der Waals surface area contributed by atoms with Gasteiger partial charge in [-0.1, -0.05) is 23.4 Å². The summed E-state index contributed by atoms with van der Waals surface area (Å²) in [4.78, 5) is 30.3. The minimum atomic E-state index is -4.62. The van der Waals surface area contributed by atoms with Gasteiger partial charge in [-0.3, -0.25) is 9.59 Å². The van der Waals surface area contributed by atoms with Crippen molar-refractivity contribution in [1.82, 2.24) is 4.90 Å². The van der Waals surface area contributed by atoms with Gasteiger partial charge in [0.15, 0.2) is 5.17 Å². The van der Waals surface area contributed by atoms with Crippen LogP contribution in [0.15, 0.2) is 23.2 Å². The van der Waals surface area contributed by atoms with Gasteiger partial charge in [0.1, 0.15) is 5.25 Å². The highest BCUT2D eigenvalue weighted by atomic mass is 35.5. The molecular formula is C17H17ClF3N3O2S. The number of piperidine rings is 1. The van der Waals surface area contributed by atoms with Crippen LogP contribution in [-0.4, -0.2) is 40.2 Å². The number of nitrogens with zero attached hydrogens (tertiary/aromatic N) is 2.